The van der Waals surface area contributed by atoms with Crippen LogP contribution in [-0.4, -0.2) is 29.2 Å². The van der Waals surface area contributed by atoms with Gasteiger partial charge in [0.05, 0.1) is 17.5 Å². The molecular formula is C10H9N3O3. The van der Waals surface area contributed by atoms with Gasteiger partial charge in [0.25, 0.3) is 5.91 Å². The normalized spacial score (nSPS) is 19.2. The largest absolute Gasteiger partial charge is 0.478 e. The minimum absolute atomic E-state index is 0.156. The van der Waals surface area contributed by atoms with Crippen molar-refractivity contribution in [2.75, 3.05) is 5.01 Å². The Labute approximate surface area is 91.0 Å². The van der Waals surface area contributed by atoms with E-state index < -0.39 is 12.0 Å². The highest BCUT2D eigenvalue weighted by Gasteiger charge is 2.26. The number of carboxylic acids is 1. The Hall–Kier alpha value is -2.21. The zero-order chi connectivity index (χ0) is 11.7. The highest BCUT2D eigenvalue weighted by molar-refractivity contribution is 6.11. The van der Waals surface area contributed by atoms with E-state index in [2.05, 4.69) is 5.10 Å². The van der Waals surface area contributed by atoms with E-state index in [4.69, 9.17) is 10.8 Å². The second kappa shape index (κ2) is 3.74. The number of carbonyl (C=O) groups excluding carboxylic acids is 1. The molecule has 1 unspecified atom stereocenters. The van der Waals surface area contributed by atoms with E-state index in [-0.39, 0.29) is 11.5 Å². The van der Waals surface area contributed by atoms with Crippen LogP contribution in [0.3, 0.4) is 0 Å². The van der Waals surface area contributed by atoms with Crippen LogP contribution in [0, 0.1) is 0 Å². The summed E-state index contributed by atoms with van der Waals surface area (Å²) in [6.45, 7) is 0. The molecule has 6 heteroatoms. The molecule has 1 aromatic rings. The molecule has 0 fully saturated rings. The van der Waals surface area contributed by atoms with Crippen molar-refractivity contribution >= 4 is 23.8 Å². The number of carboxylic acid groups (broad SMARTS) is 1. The number of benzene rings is 1. The number of hydrazone groups is 1. The number of hydrogen-bond donors (Lipinski definition) is 2. The van der Waals surface area contributed by atoms with Crippen molar-refractivity contribution in [1.82, 2.24) is 0 Å². The smallest absolute Gasteiger partial charge is 0.335 e. The Morgan fingerprint density at radius 1 is 1.38 bits per heavy atom. The van der Waals surface area contributed by atoms with Crippen LogP contribution in [-0.2, 0) is 4.79 Å². The van der Waals surface area contributed by atoms with Gasteiger partial charge in [0, 0.05) is 0 Å². The number of hydrogen-bond acceptors (Lipinski definition) is 4. The average molecular weight is 219 g/mol. The number of anilines is 1. The molecular weight excluding hydrogens is 210 g/mol. The maximum absolute atomic E-state index is 11.5. The van der Waals surface area contributed by atoms with Crippen LogP contribution in [0.5, 0.6) is 0 Å². The third kappa shape index (κ3) is 1.66. The zero-order valence-corrected chi connectivity index (χ0v) is 8.20. The maximum atomic E-state index is 11.5. The molecule has 3 N–H and O–H groups in total. The first-order chi connectivity index (χ1) is 7.59. The van der Waals surface area contributed by atoms with Crippen LogP contribution in [0.25, 0.3) is 0 Å². The summed E-state index contributed by atoms with van der Waals surface area (Å²) in [7, 11) is 0. The number of rotatable bonds is 2. The Morgan fingerprint density at radius 2 is 2.00 bits per heavy atom. The summed E-state index contributed by atoms with van der Waals surface area (Å²) in [5.74, 6) is -1.34. The molecule has 0 aliphatic carbocycles. The minimum atomic E-state index is -1.01. The molecule has 1 heterocycles. The van der Waals surface area contributed by atoms with E-state index in [0.29, 0.717) is 5.69 Å². The quantitative estimate of drug-likeness (QED) is 0.734. The fourth-order valence-electron chi connectivity index (χ4n) is 1.34. The molecule has 0 bridgehead atoms. The molecule has 0 spiro atoms. The molecule has 16 heavy (non-hydrogen) atoms. The highest BCUT2D eigenvalue weighted by Crippen LogP contribution is 2.18. The topological polar surface area (TPSA) is 96.0 Å². The van der Waals surface area contributed by atoms with Gasteiger partial charge in [-0.3, -0.25) is 4.79 Å². The Balaban J connectivity index is 2.26. The van der Waals surface area contributed by atoms with E-state index >= 15 is 0 Å². The molecule has 0 aromatic heterocycles. The van der Waals surface area contributed by atoms with E-state index in [1.54, 1.807) is 0 Å². The Morgan fingerprint density at radius 3 is 2.44 bits per heavy atom. The summed E-state index contributed by atoms with van der Waals surface area (Å²) >= 11 is 0. The number of nitrogens with zero attached hydrogens (tertiary/aromatic N) is 2. The fourth-order valence-corrected chi connectivity index (χ4v) is 1.34. The van der Waals surface area contributed by atoms with Crippen LogP contribution in [0.2, 0.25) is 0 Å². The summed E-state index contributed by atoms with van der Waals surface area (Å²) in [6.07, 6.45) is 1.34. The van der Waals surface area contributed by atoms with Gasteiger partial charge in [-0.05, 0) is 24.3 Å². The lowest BCUT2D eigenvalue weighted by atomic mass is 10.2. The predicted molar refractivity (Wildman–Crippen MR) is 57.4 cm³/mol. The molecule has 6 nitrogen and oxygen atoms in total. The molecule has 1 amide bonds. The SMILES string of the molecule is NC1C=NN(c2ccc(C(=O)O)cc2)C1=O. The molecule has 82 valence electrons. The predicted octanol–water partition coefficient (Wildman–Crippen LogP) is 0.0445. The lowest BCUT2D eigenvalue weighted by molar-refractivity contribution is -0.117. The average Bonchev–Trinajstić information content (AvgIpc) is 2.60. The maximum Gasteiger partial charge on any atom is 0.335 e. The van der Waals surface area contributed by atoms with E-state index in [0.717, 1.165) is 5.01 Å². The van der Waals surface area contributed by atoms with Crippen LogP contribution < -0.4 is 10.7 Å². The summed E-state index contributed by atoms with van der Waals surface area (Å²) in [4.78, 5) is 22.1. The lowest BCUT2D eigenvalue weighted by Gasteiger charge is -2.12. The Bertz CT molecular complexity index is 467. The number of amides is 1. The van der Waals surface area contributed by atoms with Crippen molar-refractivity contribution in [1.29, 1.82) is 0 Å². The van der Waals surface area contributed by atoms with Gasteiger partial charge in [-0.25, -0.2) is 4.79 Å². The number of aromatic carboxylic acids is 1. The molecule has 1 atom stereocenters. The molecule has 2 rings (SSSR count). The molecule has 0 saturated heterocycles. The lowest BCUT2D eigenvalue weighted by Crippen LogP contribution is -2.35. The monoisotopic (exact) mass is 219 g/mol. The van der Waals surface area contributed by atoms with E-state index in [9.17, 15) is 9.59 Å². The van der Waals surface area contributed by atoms with Crippen molar-refractivity contribution < 1.29 is 14.7 Å². The molecule has 0 saturated carbocycles. The summed E-state index contributed by atoms with van der Waals surface area (Å²) in [6, 6.07) is 5.11. The van der Waals surface area contributed by atoms with Gasteiger partial charge in [-0.1, -0.05) is 0 Å². The van der Waals surface area contributed by atoms with Crippen molar-refractivity contribution in [3.63, 3.8) is 0 Å². The molecule has 1 aliphatic heterocycles. The highest BCUT2D eigenvalue weighted by atomic mass is 16.4. The first-order valence-corrected chi connectivity index (χ1v) is 4.56. The standard InChI is InChI=1S/C10H9N3O3/c11-8-5-12-13(9(8)14)7-3-1-6(2-4-7)10(15)16/h1-5,8H,11H2,(H,15,16). The summed E-state index contributed by atoms with van der Waals surface area (Å²) < 4.78 is 0. The Kier molecular flexibility index (Phi) is 2.41. The van der Waals surface area contributed by atoms with Crippen molar-refractivity contribution in [2.45, 2.75) is 6.04 Å². The van der Waals surface area contributed by atoms with Crippen molar-refractivity contribution in [2.24, 2.45) is 10.8 Å². The first-order valence-electron chi connectivity index (χ1n) is 4.56. The van der Waals surface area contributed by atoms with Gasteiger partial charge >= 0.3 is 5.97 Å². The van der Waals surface area contributed by atoms with Gasteiger partial charge < -0.3 is 10.8 Å². The third-order valence-electron chi connectivity index (χ3n) is 2.20. The zero-order valence-electron chi connectivity index (χ0n) is 8.20. The first kappa shape index (κ1) is 10.3. The third-order valence-corrected chi connectivity index (χ3v) is 2.20. The minimum Gasteiger partial charge on any atom is -0.478 e. The van der Waals surface area contributed by atoms with Crippen molar-refractivity contribution in [3.8, 4) is 0 Å². The van der Waals surface area contributed by atoms with Gasteiger partial charge in [-0.15, -0.1) is 0 Å². The van der Waals surface area contributed by atoms with Crippen LogP contribution >= 0.6 is 0 Å². The van der Waals surface area contributed by atoms with Gasteiger partial charge in [0.15, 0.2) is 0 Å². The summed E-state index contributed by atoms with van der Waals surface area (Å²) in [5, 5.41) is 13.7. The van der Waals surface area contributed by atoms with Gasteiger partial charge in [0.2, 0.25) is 0 Å². The van der Waals surface area contributed by atoms with E-state index in [1.807, 2.05) is 0 Å². The van der Waals surface area contributed by atoms with Crippen LogP contribution in [0.1, 0.15) is 10.4 Å². The van der Waals surface area contributed by atoms with Crippen LogP contribution in [0.15, 0.2) is 29.4 Å². The molecule has 0 radical (unpaired) electrons. The molecule has 1 aromatic carbocycles. The fraction of sp³-hybridized carbons (Fsp3) is 0.100. The van der Waals surface area contributed by atoms with E-state index in [1.165, 1.54) is 30.5 Å². The number of carbonyl (C=O) groups is 2. The number of nitrogens with two attached hydrogens (primary N) is 1. The van der Waals surface area contributed by atoms with Gasteiger partial charge in [0.1, 0.15) is 6.04 Å². The molecule has 1 aliphatic rings. The summed E-state index contributed by atoms with van der Waals surface area (Å²) in [5.41, 5.74) is 6.10. The van der Waals surface area contributed by atoms with Crippen LogP contribution in [0.4, 0.5) is 5.69 Å². The second-order valence-electron chi connectivity index (χ2n) is 3.29. The van der Waals surface area contributed by atoms with Gasteiger partial charge in [-0.2, -0.15) is 10.1 Å². The van der Waals surface area contributed by atoms with Crippen molar-refractivity contribution in [3.05, 3.63) is 29.8 Å². The second-order valence-corrected chi connectivity index (χ2v) is 3.29.